The molecule has 0 aromatic carbocycles. The van der Waals surface area contributed by atoms with E-state index >= 15 is 0 Å². The number of nitrogens with zero attached hydrogens (tertiary/aromatic N) is 2. The second-order valence-electron chi connectivity index (χ2n) is 4.71. The maximum atomic E-state index is 4.40. The molecular formula is C12H21N3. The first-order valence-corrected chi connectivity index (χ1v) is 5.88. The van der Waals surface area contributed by atoms with Crippen LogP contribution in [0.15, 0.2) is 6.20 Å². The molecule has 1 aromatic rings. The molecule has 1 heterocycles. The molecule has 1 saturated carbocycles. The molecule has 1 aromatic heterocycles. The van der Waals surface area contributed by atoms with Gasteiger partial charge >= 0.3 is 0 Å². The summed E-state index contributed by atoms with van der Waals surface area (Å²) in [6.07, 6.45) is 7.64. The van der Waals surface area contributed by atoms with E-state index in [-0.39, 0.29) is 0 Å². The Morgan fingerprint density at radius 1 is 1.60 bits per heavy atom. The van der Waals surface area contributed by atoms with Crippen LogP contribution in [0.2, 0.25) is 0 Å². The van der Waals surface area contributed by atoms with Gasteiger partial charge in [-0.1, -0.05) is 12.8 Å². The molecule has 84 valence electrons. The Morgan fingerprint density at radius 3 is 2.80 bits per heavy atom. The Morgan fingerprint density at radius 2 is 2.33 bits per heavy atom. The highest BCUT2D eigenvalue weighted by Gasteiger charge is 2.23. The van der Waals surface area contributed by atoms with Crippen LogP contribution in [0.25, 0.3) is 0 Å². The lowest BCUT2D eigenvalue weighted by Crippen LogP contribution is -2.16. The van der Waals surface area contributed by atoms with Crippen molar-refractivity contribution in [3.05, 3.63) is 17.5 Å². The average Bonchev–Trinajstić information content (AvgIpc) is 2.95. The number of hydrogen-bond donors (Lipinski definition) is 1. The van der Waals surface area contributed by atoms with Gasteiger partial charge < -0.3 is 5.32 Å². The first kappa shape index (κ1) is 10.7. The van der Waals surface area contributed by atoms with Crippen LogP contribution in [0.3, 0.4) is 0 Å². The van der Waals surface area contributed by atoms with Gasteiger partial charge in [0.2, 0.25) is 0 Å². The fourth-order valence-electron chi connectivity index (χ4n) is 2.22. The zero-order valence-electron chi connectivity index (χ0n) is 9.95. The molecule has 0 saturated heterocycles. The van der Waals surface area contributed by atoms with Crippen molar-refractivity contribution in [2.24, 2.45) is 13.0 Å². The van der Waals surface area contributed by atoms with Crippen molar-refractivity contribution in [1.29, 1.82) is 0 Å². The molecule has 1 fully saturated rings. The van der Waals surface area contributed by atoms with Crippen LogP contribution in [-0.2, 0) is 7.05 Å². The van der Waals surface area contributed by atoms with Crippen molar-refractivity contribution < 1.29 is 0 Å². The lowest BCUT2D eigenvalue weighted by molar-refractivity contribution is 0.504. The van der Waals surface area contributed by atoms with Crippen LogP contribution in [-0.4, -0.2) is 16.8 Å². The summed E-state index contributed by atoms with van der Waals surface area (Å²) in [5.74, 6) is 1.01. The van der Waals surface area contributed by atoms with Crippen LogP contribution >= 0.6 is 0 Å². The summed E-state index contributed by atoms with van der Waals surface area (Å²) in [5, 5.41) is 7.80. The summed E-state index contributed by atoms with van der Waals surface area (Å²) in [6, 6.07) is 0.485. The molecule has 0 spiro atoms. The second kappa shape index (κ2) is 4.35. The van der Waals surface area contributed by atoms with Gasteiger partial charge in [0, 0.05) is 24.8 Å². The van der Waals surface area contributed by atoms with E-state index < -0.39 is 0 Å². The van der Waals surface area contributed by atoms with Crippen LogP contribution in [0.1, 0.15) is 43.0 Å². The molecule has 2 rings (SSSR count). The van der Waals surface area contributed by atoms with Gasteiger partial charge in [0.25, 0.3) is 0 Å². The minimum absolute atomic E-state index is 0.485. The lowest BCUT2D eigenvalue weighted by Gasteiger charge is -2.15. The fourth-order valence-corrected chi connectivity index (χ4v) is 2.22. The smallest absolute Gasteiger partial charge is 0.0641 e. The summed E-state index contributed by atoms with van der Waals surface area (Å²) in [7, 11) is 4.04. The van der Waals surface area contributed by atoms with Crippen molar-refractivity contribution in [2.45, 2.75) is 38.6 Å². The lowest BCUT2D eigenvalue weighted by atomic mass is 10.0. The fraction of sp³-hybridized carbons (Fsp3) is 0.750. The van der Waals surface area contributed by atoms with Crippen LogP contribution < -0.4 is 5.32 Å². The quantitative estimate of drug-likeness (QED) is 0.802. The number of aryl methyl sites for hydroxylation is 2. The molecule has 0 aliphatic heterocycles. The van der Waals surface area contributed by atoms with Crippen LogP contribution in [0, 0.1) is 12.8 Å². The molecule has 1 unspecified atom stereocenters. The SMILES string of the molecule is CNC(CCC1CC1)c1cn(C)nc1C. The highest BCUT2D eigenvalue weighted by atomic mass is 15.3. The molecule has 1 atom stereocenters. The Hall–Kier alpha value is -0.830. The van der Waals surface area contributed by atoms with Gasteiger partial charge in [-0.25, -0.2) is 0 Å². The zero-order chi connectivity index (χ0) is 10.8. The maximum absolute atomic E-state index is 4.40. The van der Waals surface area contributed by atoms with E-state index in [0.717, 1.165) is 11.6 Å². The monoisotopic (exact) mass is 207 g/mol. The molecule has 3 nitrogen and oxygen atoms in total. The van der Waals surface area contributed by atoms with Crippen molar-refractivity contribution in [1.82, 2.24) is 15.1 Å². The molecule has 3 heteroatoms. The number of rotatable bonds is 5. The van der Waals surface area contributed by atoms with E-state index in [1.54, 1.807) is 0 Å². The first-order valence-electron chi connectivity index (χ1n) is 5.88. The highest BCUT2D eigenvalue weighted by molar-refractivity contribution is 5.19. The minimum atomic E-state index is 0.485. The van der Waals surface area contributed by atoms with Crippen LogP contribution in [0.4, 0.5) is 0 Å². The topological polar surface area (TPSA) is 29.9 Å². The molecule has 1 aliphatic rings. The maximum Gasteiger partial charge on any atom is 0.0641 e. The summed E-state index contributed by atoms with van der Waals surface area (Å²) < 4.78 is 1.91. The molecule has 1 aliphatic carbocycles. The Bertz CT molecular complexity index is 326. The van der Waals surface area contributed by atoms with Crippen molar-refractivity contribution in [3.63, 3.8) is 0 Å². The number of aromatic nitrogens is 2. The van der Waals surface area contributed by atoms with Gasteiger partial charge in [-0.15, -0.1) is 0 Å². The number of hydrogen-bond acceptors (Lipinski definition) is 2. The predicted octanol–water partition coefficient (Wildman–Crippen LogP) is 2.18. The van der Waals surface area contributed by atoms with Crippen molar-refractivity contribution >= 4 is 0 Å². The third-order valence-electron chi connectivity index (χ3n) is 3.34. The Balaban J connectivity index is 2.00. The molecule has 15 heavy (non-hydrogen) atoms. The molecule has 0 bridgehead atoms. The van der Waals surface area contributed by atoms with Gasteiger partial charge in [0.1, 0.15) is 0 Å². The predicted molar refractivity (Wildman–Crippen MR) is 61.7 cm³/mol. The van der Waals surface area contributed by atoms with Crippen molar-refractivity contribution in [2.75, 3.05) is 7.05 Å². The van der Waals surface area contributed by atoms with Gasteiger partial charge in [0.05, 0.1) is 5.69 Å². The summed E-state index contributed by atoms with van der Waals surface area (Å²) in [6.45, 7) is 2.09. The number of nitrogens with one attached hydrogen (secondary N) is 1. The minimum Gasteiger partial charge on any atom is -0.313 e. The summed E-state index contributed by atoms with van der Waals surface area (Å²) >= 11 is 0. The normalized spacial score (nSPS) is 18.1. The van der Waals surface area contributed by atoms with E-state index in [1.165, 1.54) is 31.2 Å². The molecule has 0 radical (unpaired) electrons. The molecule has 0 amide bonds. The van der Waals surface area contributed by atoms with Gasteiger partial charge in [0.15, 0.2) is 0 Å². The third kappa shape index (κ3) is 2.59. The van der Waals surface area contributed by atoms with Gasteiger partial charge in [-0.3, -0.25) is 4.68 Å². The second-order valence-corrected chi connectivity index (χ2v) is 4.71. The molecule has 1 N–H and O–H groups in total. The van der Waals surface area contributed by atoms with E-state index in [4.69, 9.17) is 0 Å². The Kier molecular flexibility index (Phi) is 3.10. The van der Waals surface area contributed by atoms with Gasteiger partial charge in [-0.05, 0) is 32.7 Å². The van der Waals surface area contributed by atoms with E-state index in [9.17, 15) is 0 Å². The average molecular weight is 207 g/mol. The van der Waals surface area contributed by atoms with E-state index in [1.807, 2.05) is 18.8 Å². The van der Waals surface area contributed by atoms with Gasteiger partial charge in [-0.2, -0.15) is 5.10 Å². The summed E-state index contributed by atoms with van der Waals surface area (Å²) in [5.41, 5.74) is 2.52. The standard InChI is InChI=1S/C12H21N3/c1-9-11(8-15(3)14-9)12(13-2)7-6-10-4-5-10/h8,10,12-13H,4-7H2,1-3H3. The largest absolute Gasteiger partial charge is 0.313 e. The molecular weight excluding hydrogens is 186 g/mol. The Labute approximate surface area is 91.9 Å². The van der Waals surface area contributed by atoms with E-state index in [0.29, 0.717) is 6.04 Å². The highest BCUT2D eigenvalue weighted by Crippen LogP contribution is 2.36. The third-order valence-corrected chi connectivity index (χ3v) is 3.34. The van der Waals surface area contributed by atoms with Crippen LogP contribution in [0.5, 0.6) is 0 Å². The zero-order valence-corrected chi connectivity index (χ0v) is 9.95. The summed E-state index contributed by atoms with van der Waals surface area (Å²) in [4.78, 5) is 0. The van der Waals surface area contributed by atoms with E-state index in [2.05, 4.69) is 23.5 Å². The van der Waals surface area contributed by atoms with Crippen molar-refractivity contribution in [3.8, 4) is 0 Å². The first-order chi connectivity index (χ1) is 7.20.